The van der Waals surface area contributed by atoms with Crippen LogP contribution in [0.4, 0.5) is 39.2 Å². The molecule has 2 heterocycles. The van der Waals surface area contributed by atoms with E-state index in [1.807, 2.05) is 18.2 Å². The van der Waals surface area contributed by atoms with Crippen LogP contribution in [0.5, 0.6) is 11.5 Å². The number of aromatic nitrogens is 2. The second-order valence-electron chi connectivity index (χ2n) is 10.4. The first kappa shape index (κ1) is 32.9. The molecule has 4 rings (SSSR count). The molecular weight excluding hydrogens is 607 g/mol. The number of amides is 3. The van der Waals surface area contributed by atoms with Gasteiger partial charge in [-0.15, -0.1) is 0 Å². The minimum Gasteiger partial charge on any atom is -0.495 e. The monoisotopic (exact) mass is 644 g/mol. The highest BCUT2D eigenvalue weighted by Crippen LogP contribution is 2.44. The number of nitrogens with one attached hydrogen (secondary N) is 3. The van der Waals surface area contributed by atoms with Gasteiger partial charge in [-0.25, -0.2) is 14.8 Å². The second-order valence-corrected chi connectivity index (χ2v) is 11.2. The summed E-state index contributed by atoms with van der Waals surface area (Å²) in [6.07, 6.45) is 1.67. The number of halogens is 2. The molecule has 1 fully saturated rings. The van der Waals surface area contributed by atoms with Gasteiger partial charge in [0, 0.05) is 63.5 Å². The van der Waals surface area contributed by atoms with Crippen molar-refractivity contribution in [2.24, 2.45) is 0 Å². The summed E-state index contributed by atoms with van der Waals surface area (Å²) in [6.45, 7) is 9.97. The smallest absolute Gasteiger partial charge is 0.327 e. The van der Waals surface area contributed by atoms with E-state index in [0.717, 1.165) is 31.9 Å². The number of hydrogen-bond acceptors (Lipinski definition) is 9. The molecule has 3 amide bonds. The predicted octanol–water partition coefficient (Wildman–Crippen LogP) is 6.09. The van der Waals surface area contributed by atoms with Crippen molar-refractivity contribution in [3.63, 3.8) is 0 Å². The Kier molecular flexibility index (Phi) is 11.0. The fourth-order valence-electron chi connectivity index (χ4n) is 4.70. The van der Waals surface area contributed by atoms with Crippen molar-refractivity contribution in [3.05, 3.63) is 46.7 Å². The fraction of sp³-hybridized carbons (Fsp3) is 0.400. The number of methoxy groups -OCH3 is 2. The number of hydrogen-bond donors (Lipinski definition) is 3. The molecule has 1 saturated heterocycles. The van der Waals surface area contributed by atoms with Gasteiger partial charge in [-0.3, -0.25) is 14.6 Å². The van der Waals surface area contributed by atoms with Crippen molar-refractivity contribution >= 4 is 69.5 Å². The lowest BCUT2D eigenvalue weighted by Crippen LogP contribution is -2.48. The maximum Gasteiger partial charge on any atom is 0.327 e. The number of piperazine rings is 1. The van der Waals surface area contributed by atoms with Crippen molar-refractivity contribution < 1.29 is 19.1 Å². The van der Waals surface area contributed by atoms with Gasteiger partial charge in [-0.2, -0.15) is 0 Å². The molecule has 0 aliphatic carbocycles. The van der Waals surface area contributed by atoms with Crippen LogP contribution >= 0.6 is 23.2 Å². The van der Waals surface area contributed by atoms with Crippen LogP contribution in [-0.4, -0.2) is 80.3 Å². The normalized spacial score (nSPS) is 13.4. The SMILES string of the molecule is CCC(=O)Nc1cc(N2CCN(C(C)C)CC2)ccc1Nc1cc(N(C)C(=O)Nc2c(Cl)c(OC)cc(OC)c2Cl)ncn1. The highest BCUT2D eigenvalue weighted by atomic mass is 35.5. The summed E-state index contributed by atoms with van der Waals surface area (Å²) < 4.78 is 10.6. The molecule has 14 heteroatoms. The Morgan fingerprint density at radius 2 is 1.61 bits per heavy atom. The quantitative estimate of drug-likeness (QED) is 0.240. The molecule has 1 aliphatic rings. The van der Waals surface area contributed by atoms with E-state index in [-0.39, 0.29) is 33.1 Å². The maximum absolute atomic E-state index is 13.2. The zero-order valence-electron chi connectivity index (χ0n) is 25.7. The number of carbonyl (C=O) groups is 2. The third kappa shape index (κ3) is 7.55. The Hall–Kier alpha value is -4.00. The van der Waals surface area contributed by atoms with Gasteiger partial charge in [-0.1, -0.05) is 30.1 Å². The number of rotatable bonds is 10. The fourth-order valence-corrected chi connectivity index (χ4v) is 5.30. The van der Waals surface area contributed by atoms with Crippen molar-refractivity contribution in [1.82, 2.24) is 14.9 Å². The molecule has 236 valence electrons. The summed E-state index contributed by atoms with van der Waals surface area (Å²) in [5.74, 6) is 1.17. The lowest BCUT2D eigenvalue weighted by Gasteiger charge is -2.38. The molecule has 1 aliphatic heterocycles. The second kappa shape index (κ2) is 14.7. The molecule has 0 atom stereocenters. The van der Waals surface area contributed by atoms with Crippen molar-refractivity contribution in [1.29, 1.82) is 0 Å². The predicted molar refractivity (Wildman–Crippen MR) is 177 cm³/mol. The summed E-state index contributed by atoms with van der Waals surface area (Å²) in [6, 6.07) is 8.99. The Morgan fingerprint density at radius 1 is 0.955 bits per heavy atom. The Morgan fingerprint density at radius 3 is 2.20 bits per heavy atom. The number of anilines is 6. The molecule has 0 bridgehead atoms. The summed E-state index contributed by atoms with van der Waals surface area (Å²) in [5.41, 5.74) is 2.44. The lowest BCUT2D eigenvalue weighted by molar-refractivity contribution is -0.115. The minimum atomic E-state index is -0.563. The average molecular weight is 646 g/mol. The molecule has 0 spiro atoms. The van der Waals surface area contributed by atoms with Gasteiger partial charge < -0.3 is 30.3 Å². The van der Waals surface area contributed by atoms with E-state index in [4.69, 9.17) is 32.7 Å². The Labute approximate surface area is 267 Å². The van der Waals surface area contributed by atoms with E-state index < -0.39 is 6.03 Å². The summed E-state index contributed by atoms with van der Waals surface area (Å²) in [7, 11) is 4.44. The van der Waals surface area contributed by atoms with Crippen molar-refractivity contribution in [3.8, 4) is 11.5 Å². The van der Waals surface area contributed by atoms with Gasteiger partial charge >= 0.3 is 6.03 Å². The first-order valence-corrected chi connectivity index (χ1v) is 15.0. The zero-order chi connectivity index (χ0) is 32.0. The molecule has 0 saturated carbocycles. The highest BCUT2D eigenvalue weighted by Gasteiger charge is 2.23. The van der Waals surface area contributed by atoms with Crippen LogP contribution in [0, 0.1) is 0 Å². The van der Waals surface area contributed by atoms with Crippen molar-refractivity contribution in [2.45, 2.75) is 33.2 Å². The molecule has 0 unspecified atom stereocenters. The third-order valence-electron chi connectivity index (χ3n) is 7.38. The van der Waals surface area contributed by atoms with Gasteiger partial charge in [0.15, 0.2) is 0 Å². The van der Waals surface area contributed by atoms with Gasteiger partial charge in [0.2, 0.25) is 5.91 Å². The van der Waals surface area contributed by atoms with Crippen LogP contribution in [0.1, 0.15) is 27.2 Å². The Balaban J connectivity index is 1.54. The number of carbonyl (C=O) groups excluding carboxylic acids is 2. The highest BCUT2D eigenvalue weighted by molar-refractivity contribution is 6.41. The molecule has 44 heavy (non-hydrogen) atoms. The maximum atomic E-state index is 13.2. The first-order chi connectivity index (χ1) is 21.1. The molecule has 1 aromatic heterocycles. The molecule has 12 nitrogen and oxygen atoms in total. The number of benzene rings is 2. The number of ether oxygens (including phenoxy) is 2. The first-order valence-electron chi connectivity index (χ1n) is 14.2. The van der Waals surface area contributed by atoms with Gasteiger partial charge in [0.25, 0.3) is 0 Å². The molecule has 3 N–H and O–H groups in total. The average Bonchev–Trinajstić information content (AvgIpc) is 3.03. The molecule has 3 aromatic rings. The van der Waals surface area contributed by atoms with Crippen LogP contribution in [0.3, 0.4) is 0 Å². The van der Waals surface area contributed by atoms with Gasteiger partial charge in [0.1, 0.15) is 39.5 Å². The van der Waals surface area contributed by atoms with E-state index in [9.17, 15) is 9.59 Å². The van der Waals surface area contributed by atoms with Crippen LogP contribution in [-0.2, 0) is 4.79 Å². The largest absolute Gasteiger partial charge is 0.495 e. The van der Waals surface area contributed by atoms with E-state index in [2.05, 4.69) is 49.6 Å². The van der Waals surface area contributed by atoms with Crippen LogP contribution < -0.4 is 35.2 Å². The van der Waals surface area contributed by atoms with E-state index >= 15 is 0 Å². The summed E-state index contributed by atoms with van der Waals surface area (Å²) >= 11 is 12.9. The van der Waals surface area contributed by atoms with E-state index in [1.165, 1.54) is 31.5 Å². The minimum absolute atomic E-state index is 0.110. The standard InChI is InChI=1S/C30H38Cl2N8O4/c1-7-26(41)36-21-14-19(40-12-10-39(11-13-40)18(2)3)8-9-20(21)35-24-16-25(34-17-33-24)38(4)30(42)37-29-27(31)22(43-5)15-23(44-6)28(29)32/h8-9,14-18H,7,10-13H2,1-6H3,(H,36,41)(H,37,42)(H,33,34,35). The van der Waals surface area contributed by atoms with Crippen LogP contribution in [0.25, 0.3) is 0 Å². The lowest BCUT2D eigenvalue weighted by atomic mass is 10.1. The van der Waals surface area contributed by atoms with E-state index in [1.54, 1.807) is 20.0 Å². The summed E-state index contributed by atoms with van der Waals surface area (Å²) in [4.78, 5) is 40.3. The van der Waals surface area contributed by atoms with Crippen LogP contribution in [0.2, 0.25) is 10.0 Å². The van der Waals surface area contributed by atoms with E-state index in [0.29, 0.717) is 35.5 Å². The number of nitrogens with zero attached hydrogens (tertiary/aromatic N) is 5. The van der Waals surface area contributed by atoms with Gasteiger partial charge in [0.05, 0.1) is 31.3 Å². The van der Waals surface area contributed by atoms with Crippen molar-refractivity contribution in [2.75, 3.05) is 73.2 Å². The zero-order valence-corrected chi connectivity index (χ0v) is 27.2. The number of urea groups is 1. The molecular formula is C30H38Cl2N8O4. The Bertz CT molecular complexity index is 1470. The van der Waals surface area contributed by atoms with Gasteiger partial charge in [-0.05, 0) is 32.0 Å². The topological polar surface area (TPSA) is 124 Å². The van der Waals surface area contributed by atoms with Crippen LogP contribution in [0.15, 0.2) is 36.7 Å². The third-order valence-corrected chi connectivity index (χ3v) is 8.13. The molecule has 2 aromatic carbocycles. The molecule has 0 radical (unpaired) electrons. The summed E-state index contributed by atoms with van der Waals surface area (Å²) in [5, 5.41) is 9.21.